The van der Waals surface area contributed by atoms with Crippen LogP contribution in [-0.2, 0) is 31.4 Å². The van der Waals surface area contributed by atoms with Crippen molar-refractivity contribution in [2.45, 2.75) is 12.2 Å². The van der Waals surface area contributed by atoms with Gasteiger partial charge in [-0.25, -0.2) is 4.79 Å². The molecule has 103 valence electrons. The van der Waals surface area contributed by atoms with Crippen LogP contribution in [0.1, 0.15) is 0 Å². The fourth-order valence-electron chi connectivity index (χ4n) is 0.823. The van der Waals surface area contributed by atoms with Crippen LogP contribution in [0.3, 0.4) is 0 Å². The van der Waals surface area contributed by atoms with E-state index in [9.17, 15) is 9.59 Å². The summed E-state index contributed by atoms with van der Waals surface area (Å²) in [5.74, 6) is -3.75. The molecule has 18 heavy (non-hydrogen) atoms. The summed E-state index contributed by atoms with van der Waals surface area (Å²) in [6.45, 7) is -0.949. The Morgan fingerprint density at radius 1 is 1.44 bits per heavy atom. The Kier molecular flexibility index (Phi) is 9.22. The molecule has 0 saturated heterocycles. The van der Waals surface area contributed by atoms with E-state index in [4.69, 9.17) is 25.5 Å². The van der Waals surface area contributed by atoms with Crippen LogP contribution in [0, 0.1) is 0 Å². The van der Waals surface area contributed by atoms with Crippen molar-refractivity contribution in [3.8, 4) is 0 Å². The zero-order valence-corrected chi connectivity index (χ0v) is 10.1. The van der Waals surface area contributed by atoms with Crippen LogP contribution < -0.4 is 5.73 Å². The van der Waals surface area contributed by atoms with E-state index in [0.29, 0.717) is 0 Å². The van der Waals surface area contributed by atoms with Gasteiger partial charge in [0.1, 0.15) is 6.10 Å². The normalized spacial score (nSPS) is 19.3. The van der Waals surface area contributed by atoms with E-state index in [1.54, 1.807) is 0 Å². The van der Waals surface area contributed by atoms with Gasteiger partial charge < -0.3 is 36.0 Å². The molecule has 9 nitrogen and oxygen atoms in total. The molecule has 2 atom stereocenters. The predicted molar refractivity (Wildman–Crippen MR) is 51.9 cm³/mol. The maximum absolute atomic E-state index is 10.5. The monoisotopic (exact) mass is 307 g/mol. The molecular formula is C8H13FeNO8+3. The molecule has 0 fully saturated rings. The molecule has 0 unspecified atom stereocenters. The first kappa shape index (κ1) is 19.0. The summed E-state index contributed by atoms with van der Waals surface area (Å²) in [7, 11) is 0. The van der Waals surface area contributed by atoms with E-state index in [1.807, 2.05) is 0 Å². The molecule has 0 bridgehead atoms. The van der Waals surface area contributed by atoms with Crippen molar-refractivity contribution in [2.24, 2.45) is 5.73 Å². The van der Waals surface area contributed by atoms with E-state index in [2.05, 4.69) is 10.5 Å². The molecule has 1 rings (SSSR count). The molecule has 1 aliphatic rings. The van der Waals surface area contributed by atoms with Gasteiger partial charge in [-0.2, -0.15) is 0 Å². The zero-order valence-electron chi connectivity index (χ0n) is 8.96. The SMILES string of the molecule is NCC(=O)O.O=C1O[C@@H]([C@@H](O)CO)C(O)=C1O.[Fe+3]. The number of ether oxygens (including phenoxy) is 1. The van der Waals surface area contributed by atoms with Gasteiger partial charge in [0.2, 0.25) is 5.76 Å². The van der Waals surface area contributed by atoms with Crippen LogP contribution in [-0.4, -0.2) is 62.8 Å². The van der Waals surface area contributed by atoms with Crippen molar-refractivity contribution in [1.29, 1.82) is 0 Å². The first-order valence-corrected chi connectivity index (χ1v) is 4.39. The minimum Gasteiger partial charge on any atom is -0.505 e. The molecule has 0 amide bonds. The number of hydrogen-bond acceptors (Lipinski definition) is 8. The summed E-state index contributed by atoms with van der Waals surface area (Å²) in [6, 6.07) is 0. The molecule has 0 aromatic rings. The van der Waals surface area contributed by atoms with Gasteiger partial charge in [-0.15, -0.1) is 0 Å². The Hall–Kier alpha value is -1.32. The van der Waals surface area contributed by atoms with E-state index in [1.165, 1.54) is 0 Å². The van der Waals surface area contributed by atoms with Gasteiger partial charge in [-0.1, -0.05) is 0 Å². The molecule has 1 aliphatic heterocycles. The maximum Gasteiger partial charge on any atom is 3.00 e. The van der Waals surface area contributed by atoms with Crippen LogP contribution in [0.2, 0.25) is 0 Å². The second-order valence-electron chi connectivity index (χ2n) is 2.91. The molecule has 0 saturated carbocycles. The topological polar surface area (TPSA) is 171 Å². The number of aliphatic hydroxyl groups is 4. The number of aliphatic carboxylic acids is 1. The number of carbonyl (C=O) groups is 2. The smallest absolute Gasteiger partial charge is 0.505 e. The van der Waals surface area contributed by atoms with Crippen molar-refractivity contribution in [3.05, 3.63) is 11.5 Å². The number of rotatable bonds is 3. The maximum atomic E-state index is 10.5. The predicted octanol–water partition coefficient (Wildman–Crippen LogP) is -2.38. The summed E-state index contributed by atoms with van der Waals surface area (Å²) in [5, 5.41) is 42.6. The molecule has 0 spiro atoms. The Bertz CT molecular complexity index is 331. The van der Waals surface area contributed by atoms with Crippen molar-refractivity contribution >= 4 is 11.9 Å². The third-order valence-corrected chi connectivity index (χ3v) is 1.65. The number of carboxylic acid groups (broad SMARTS) is 1. The van der Waals surface area contributed by atoms with Crippen LogP contribution in [0.15, 0.2) is 11.5 Å². The number of nitrogens with two attached hydrogens (primary N) is 1. The fourth-order valence-corrected chi connectivity index (χ4v) is 0.823. The molecule has 0 aromatic carbocycles. The average Bonchev–Trinajstić information content (AvgIpc) is 2.56. The number of esters is 1. The first-order chi connectivity index (χ1) is 7.84. The van der Waals surface area contributed by atoms with Gasteiger partial charge in [0.15, 0.2) is 11.9 Å². The minimum atomic E-state index is -1.42. The first-order valence-electron chi connectivity index (χ1n) is 4.39. The third-order valence-electron chi connectivity index (χ3n) is 1.65. The standard InChI is InChI=1S/C6H8O6.C2H5NO2.Fe/c7-1-2(8)5-3(9)4(10)6(11)12-5;3-1-2(4)5;/h2,5,7-10H,1H2;1,3H2,(H,4,5);/q;;+3/t2-,5-;;/m0../s1. The average molecular weight is 307 g/mol. The number of carbonyl (C=O) groups excluding carboxylic acids is 1. The molecule has 7 N–H and O–H groups in total. The summed E-state index contributed by atoms with van der Waals surface area (Å²) in [5.41, 5.74) is 4.57. The fraction of sp³-hybridized carbons (Fsp3) is 0.500. The summed E-state index contributed by atoms with van der Waals surface area (Å²) >= 11 is 0. The van der Waals surface area contributed by atoms with Gasteiger partial charge in [-0.3, -0.25) is 4.79 Å². The Balaban J connectivity index is 0. The minimum absolute atomic E-state index is 0. The van der Waals surface area contributed by atoms with Gasteiger partial charge in [0, 0.05) is 0 Å². The quantitative estimate of drug-likeness (QED) is 0.246. The van der Waals surface area contributed by atoms with Gasteiger partial charge in [0.05, 0.1) is 13.2 Å². The molecule has 1 radical (unpaired) electrons. The third kappa shape index (κ3) is 5.34. The van der Waals surface area contributed by atoms with Crippen molar-refractivity contribution < 1.29 is 56.9 Å². The number of carboxylic acids is 1. The zero-order chi connectivity index (χ0) is 13.6. The molecule has 10 heteroatoms. The Morgan fingerprint density at radius 2 is 1.89 bits per heavy atom. The number of aliphatic hydroxyl groups excluding tert-OH is 4. The molecular weight excluding hydrogens is 294 g/mol. The van der Waals surface area contributed by atoms with Crippen molar-refractivity contribution in [3.63, 3.8) is 0 Å². The summed E-state index contributed by atoms with van der Waals surface area (Å²) in [4.78, 5) is 19.8. The van der Waals surface area contributed by atoms with E-state index in [-0.39, 0.29) is 23.6 Å². The summed E-state index contributed by atoms with van der Waals surface area (Å²) in [6.07, 6.45) is -2.78. The Labute approximate surface area is 112 Å². The molecule has 0 aromatic heterocycles. The van der Waals surface area contributed by atoms with Crippen LogP contribution >= 0.6 is 0 Å². The second kappa shape index (κ2) is 8.72. The van der Waals surface area contributed by atoms with E-state index >= 15 is 0 Å². The van der Waals surface area contributed by atoms with Crippen molar-refractivity contribution in [2.75, 3.05) is 13.2 Å². The van der Waals surface area contributed by atoms with Crippen LogP contribution in [0.25, 0.3) is 0 Å². The molecule has 1 heterocycles. The van der Waals surface area contributed by atoms with Crippen molar-refractivity contribution in [1.82, 2.24) is 0 Å². The van der Waals surface area contributed by atoms with E-state index < -0.39 is 42.3 Å². The number of hydrogen-bond donors (Lipinski definition) is 6. The van der Waals surface area contributed by atoms with Crippen LogP contribution in [0.5, 0.6) is 0 Å². The number of cyclic esters (lactones) is 1. The summed E-state index contributed by atoms with van der Waals surface area (Å²) < 4.78 is 4.32. The van der Waals surface area contributed by atoms with Gasteiger partial charge >= 0.3 is 29.0 Å². The van der Waals surface area contributed by atoms with Gasteiger partial charge in [-0.05, 0) is 0 Å². The second-order valence-corrected chi connectivity index (χ2v) is 2.91. The molecule has 0 aliphatic carbocycles. The van der Waals surface area contributed by atoms with Crippen LogP contribution in [0.4, 0.5) is 0 Å². The Morgan fingerprint density at radius 3 is 2.11 bits per heavy atom. The van der Waals surface area contributed by atoms with Gasteiger partial charge in [0.25, 0.3) is 0 Å². The van der Waals surface area contributed by atoms with E-state index in [0.717, 1.165) is 0 Å². The largest absolute Gasteiger partial charge is 3.00 e.